The number of aromatic nitrogens is 2. The number of carboxylic acids is 1. The third-order valence-corrected chi connectivity index (χ3v) is 3.35. The molecule has 0 aliphatic carbocycles. The van der Waals surface area contributed by atoms with Crippen LogP contribution in [0, 0.1) is 0 Å². The van der Waals surface area contributed by atoms with Crippen molar-refractivity contribution in [3.05, 3.63) is 66.5 Å². The van der Waals surface area contributed by atoms with E-state index in [1.54, 1.807) is 25.3 Å². The molecule has 0 radical (unpaired) electrons. The Morgan fingerprint density at radius 2 is 1.62 bits per heavy atom. The first-order valence-corrected chi connectivity index (χ1v) is 7.13. The first-order valence-electron chi connectivity index (χ1n) is 7.13. The number of rotatable bonds is 5. The van der Waals surface area contributed by atoms with Crippen LogP contribution in [0.5, 0.6) is 17.4 Å². The number of aromatic carboxylic acids is 1. The summed E-state index contributed by atoms with van der Waals surface area (Å²) in [4.78, 5) is 19.2. The van der Waals surface area contributed by atoms with E-state index in [1.807, 2.05) is 24.3 Å². The van der Waals surface area contributed by atoms with Gasteiger partial charge in [-0.25, -0.2) is 14.8 Å². The van der Waals surface area contributed by atoms with E-state index in [2.05, 4.69) is 9.97 Å². The lowest BCUT2D eigenvalue weighted by Crippen LogP contribution is -1.96. The number of benzene rings is 2. The Hall–Kier alpha value is -3.41. The molecule has 0 aliphatic heterocycles. The third kappa shape index (κ3) is 3.49. The lowest BCUT2D eigenvalue weighted by molar-refractivity contribution is 0.0697. The second-order valence-electron chi connectivity index (χ2n) is 4.90. The van der Waals surface area contributed by atoms with Crippen LogP contribution in [0.15, 0.2) is 60.9 Å². The molecule has 0 saturated heterocycles. The average Bonchev–Trinajstić information content (AvgIpc) is 2.62. The molecule has 6 nitrogen and oxygen atoms in total. The highest BCUT2D eigenvalue weighted by molar-refractivity contribution is 5.87. The van der Waals surface area contributed by atoms with Crippen LogP contribution in [-0.2, 0) is 0 Å². The summed E-state index contributed by atoms with van der Waals surface area (Å²) in [5.41, 5.74) is 1.82. The van der Waals surface area contributed by atoms with Gasteiger partial charge in [0, 0.05) is 11.6 Å². The standard InChI is InChI=1S/C18H14N2O4/c1-23-14-6-2-12(3-7-14)16-10-17(20-11-19-16)24-15-8-4-13(5-9-15)18(21)22/h2-11H,1H3,(H,21,22). The summed E-state index contributed by atoms with van der Waals surface area (Å²) in [5.74, 6) is 0.659. The molecule has 1 N–H and O–H groups in total. The van der Waals surface area contributed by atoms with Gasteiger partial charge in [-0.3, -0.25) is 0 Å². The van der Waals surface area contributed by atoms with Gasteiger partial charge in [-0.05, 0) is 48.5 Å². The first kappa shape index (κ1) is 15.5. The molecule has 1 heterocycles. The van der Waals surface area contributed by atoms with Crippen LogP contribution in [0.25, 0.3) is 11.3 Å². The molecule has 3 aromatic rings. The van der Waals surface area contributed by atoms with Crippen molar-refractivity contribution in [3.63, 3.8) is 0 Å². The van der Waals surface area contributed by atoms with Crippen molar-refractivity contribution in [2.24, 2.45) is 0 Å². The predicted octanol–water partition coefficient (Wildman–Crippen LogP) is 3.64. The van der Waals surface area contributed by atoms with Crippen molar-refractivity contribution in [3.8, 4) is 28.6 Å². The maximum Gasteiger partial charge on any atom is 0.335 e. The van der Waals surface area contributed by atoms with E-state index in [0.29, 0.717) is 17.3 Å². The van der Waals surface area contributed by atoms with Crippen LogP contribution in [0.4, 0.5) is 0 Å². The minimum atomic E-state index is -0.981. The van der Waals surface area contributed by atoms with Crippen molar-refractivity contribution < 1.29 is 19.4 Å². The number of methoxy groups -OCH3 is 1. The van der Waals surface area contributed by atoms with Crippen LogP contribution >= 0.6 is 0 Å². The second kappa shape index (κ2) is 6.78. The highest BCUT2D eigenvalue weighted by Gasteiger charge is 2.06. The first-order chi connectivity index (χ1) is 11.7. The minimum absolute atomic E-state index is 0.198. The van der Waals surface area contributed by atoms with Crippen LogP contribution in [0.3, 0.4) is 0 Å². The monoisotopic (exact) mass is 322 g/mol. The fraction of sp³-hybridized carbons (Fsp3) is 0.0556. The molecule has 1 aromatic heterocycles. The normalized spacial score (nSPS) is 10.2. The van der Waals surface area contributed by atoms with Gasteiger partial charge in [0.2, 0.25) is 5.88 Å². The summed E-state index contributed by atoms with van der Waals surface area (Å²) in [6.07, 6.45) is 1.42. The van der Waals surface area contributed by atoms with Gasteiger partial charge in [-0.1, -0.05) is 0 Å². The van der Waals surface area contributed by atoms with E-state index in [9.17, 15) is 4.79 Å². The zero-order chi connectivity index (χ0) is 16.9. The van der Waals surface area contributed by atoms with Crippen molar-refractivity contribution in [2.75, 3.05) is 7.11 Å². The molecule has 0 spiro atoms. The molecule has 0 bridgehead atoms. The average molecular weight is 322 g/mol. The minimum Gasteiger partial charge on any atom is -0.497 e. The molecule has 120 valence electrons. The van der Waals surface area contributed by atoms with Crippen molar-refractivity contribution in [1.29, 1.82) is 0 Å². The Morgan fingerprint density at radius 3 is 2.25 bits per heavy atom. The van der Waals surface area contributed by atoms with Gasteiger partial charge in [0.15, 0.2) is 0 Å². The molecule has 3 rings (SSSR count). The number of nitrogens with zero attached hydrogens (tertiary/aromatic N) is 2. The molecule has 0 atom stereocenters. The highest BCUT2D eigenvalue weighted by Crippen LogP contribution is 2.25. The van der Waals surface area contributed by atoms with Gasteiger partial charge in [-0.15, -0.1) is 0 Å². The summed E-state index contributed by atoms with van der Waals surface area (Å²) in [5, 5.41) is 8.89. The van der Waals surface area contributed by atoms with Crippen LogP contribution in [0.1, 0.15) is 10.4 Å². The summed E-state index contributed by atoms with van der Waals surface area (Å²) in [6, 6.07) is 15.3. The zero-order valence-corrected chi connectivity index (χ0v) is 12.8. The van der Waals surface area contributed by atoms with Gasteiger partial charge in [0.05, 0.1) is 18.4 Å². The Balaban J connectivity index is 1.80. The maximum atomic E-state index is 10.8. The van der Waals surface area contributed by atoms with Crippen LogP contribution in [0.2, 0.25) is 0 Å². The number of carboxylic acid groups (broad SMARTS) is 1. The molecule has 0 aliphatic rings. The molecule has 0 amide bonds. The summed E-state index contributed by atoms with van der Waals surface area (Å²) in [6.45, 7) is 0. The molecule has 6 heteroatoms. The van der Waals surface area contributed by atoms with Crippen LogP contribution < -0.4 is 9.47 Å². The smallest absolute Gasteiger partial charge is 0.335 e. The molecule has 2 aromatic carbocycles. The SMILES string of the molecule is COc1ccc(-c2cc(Oc3ccc(C(=O)O)cc3)ncn2)cc1. The van der Waals surface area contributed by atoms with Gasteiger partial charge in [0.1, 0.15) is 17.8 Å². The van der Waals surface area contributed by atoms with Gasteiger partial charge < -0.3 is 14.6 Å². The molecule has 0 unspecified atom stereocenters. The van der Waals surface area contributed by atoms with Gasteiger partial charge in [0.25, 0.3) is 0 Å². The van der Waals surface area contributed by atoms with E-state index in [4.69, 9.17) is 14.6 Å². The second-order valence-corrected chi connectivity index (χ2v) is 4.90. The van der Waals surface area contributed by atoms with E-state index >= 15 is 0 Å². The topological polar surface area (TPSA) is 81.5 Å². The quantitative estimate of drug-likeness (QED) is 0.772. The Bertz CT molecular complexity index is 846. The highest BCUT2D eigenvalue weighted by atomic mass is 16.5. The molecule has 24 heavy (non-hydrogen) atoms. The van der Waals surface area contributed by atoms with Gasteiger partial charge in [-0.2, -0.15) is 0 Å². The number of hydrogen-bond donors (Lipinski definition) is 1. The molecule has 0 fully saturated rings. The number of hydrogen-bond acceptors (Lipinski definition) is 5. The summed E-state index contributed by atoms with van der Waals surface area (Å²) >= 11 is 0. The van der Waals surface area contributed by atoms with Crippen molar-refractivity contribution in [1.82, 2.24) is 9.97 Å². The molecular weight excluding hydrogens is 308 g/mol. The Labute approximate surface area is 138 Å². The number of ether oxygens (including phenoxy) is 2. The third-order valence-electron chi connectivity index (χ3n) is 3.35. The van der Waals surface area contributed by atoms with E-state index in [0.717, 1.165) is 11.3 Å². The summed E-state index contributed by atoms with van der Waals surface area (Å²) in [7, 11) is 1.61. The fourth-order valence-corrected chi connectivity index (χ4v) is 2.10. The maximum absolute atomic E-state index is 10.8. The lowest BCUT2D eigenvalue weighted by atomic mass is 10.1. The zero-order valence-electron chi connectivity index (χ0n) is 12.8. The largest absolute Gasteiger partial charge is 0.497 e. The van der Waals surface area contributed by atoms with Crippen LogP contribution in [-0.4, -0.2) is 28.2 Å². The van der Waals surface area contributed by atoms with E-state index in [-0.39, 0.29) is 5.56 Å². The van der Waals surface area contributed by atoms with Gasteiger partial charge >= 0.3 is 5.97 Å². The molecular formula is C18H14N2O4. The Morgan fingerprint density at radius 1 is 0.958 bits per heavy atom. The summed E-state index contributed by atoms with van der Waals surface area (Å²) < 4.78 is 10.8. The van der Waals surface area contributed by atoms with Crippen molar-refractivity contribution >= 4 is 5.97 Å². The molecule has 0 saturated carbocycles. The Kier molecular flexibility index (Phi) is 4.38. The predicted molar refractivity (Wildman–Crippen MR) is 87.5 cm³/mol. The van der Waals surface area contributed by atoms with Crippen molar-refractivity contribution in [2.45, 2.75) is 0 Å². The fourth-order valence-electron chi connectivity index (χ4n) is 2.10. The number of carbonyl (C=O) groups is 1. The van der Waals surface area contributed by atoms with E-state index < -0.39 is 5.97 Å². The lowest BCUT2D eigenvalue weighted by Gasteiger charge is -2.07. The van der Waals surface area contributed by atoms with E-state index in [1.165, 1.54) is 18.5 Å².